The fourth-order valence-corrected chi connectivity index (χ4v) is 1.10. The number of benzene rings is 1. The van der Waals surface area contributed by atoms with Gasteiger partial charge in [0.15, 0.2) is 0 Å². The van der Waals surface area contributed by atoms with Crippen LogP contribution in [-0.4, -0.2) is 10.3 Å². The Hall–Kier alpha value is -0.360. The maximum atomic E-state index is 8.92. The third kappa shape index (κ3) is 2.30. The van der Waals surface area contributed by atoms with Crippen LogP contribution >= 0.6 is 35.1 Å². The zero-order valence-corrected chi connectivity index (χ0v) is 8.54. The van der Waals surface area contributed by atoms with Crippen molar-refractivity contribution in [1.82, 2.24) is 0 Å². The Labute approximate surface area is 84.3 Å². The Morgan fingerprint density at radius 1 is 1.36 bits per heavy atom. The molecule has 2 nitrogen and oxygen atoms in total. The van der Waals surface area contributed by atoms with Crippen LogP contribution in [0.2, 0.25) is 0 Å². The van der Waals surface area contributed by atoms with Crippen LogP contribution in [0.1, 0.15) is 0 Å². The zero-order chi connectivity index (χ0) is 8.27. The molecule has 0 heterocycles. The smallest absolute Gasteiger partial charge is 0.270 e. The second-order valence-electron chi connectivity index (χ2n) is 1.90. The lowest BCUT2D eigenvalue weighted by atomic mass is 10.3. The lowest BCUT2D eigenvalue weighted by Gasteiger charge is -2.11. The Morgan fingerprint density at radius 2 is 1.91 bits per heavy atom. The molecule has 0 saturated carbocycles. The Kier molecular flexibility index (Phi) is 3.07. The van der Waals surface area contributed by atoms with Crippen molar-refractivity contribution >= 4 is 45.9 Å². The summed E-state index contributed by atoms with van der Waals surface area (Å²) in [6.07, 6.45) is 0. The Balaban J connectivity index is 2.85. The highest BCUT2D eigenvalue weighted by Crippen LogP contribution is 2.17. The number of rotatable bonds is 1. The second-order valence-corrected chi connectivity index (χ2v) is 3.23. The van der Waals surface area contributed by atoms with E-state index < -0.39 is 0 Å². The molecular weight excluding hydrogens is 273 g/mol. The van der Waals surface area contributed by atoms with E-state index in [1.54, 1.807) is 0 Å². The molecule has 0 fully saturated rings. The van der Waals surface area contributed by atoms with Crippen molar-refractivity contribution in [2.24, 2.45) is 0 Å². The first kappa shape index (κ1) is 8.73. The first-order valence-electron chi connectivity index (χ1n) is 2.95. The van der Waals surface area contributed by atoms with Gasteiger partial charge in [0.05, 0.1) is 28.6 Å². The monoisotopic (exact) mass is 279 g/mol. The number of aliphatic hydroxyl groups excluding tert-OH is 1. The molecule has 1 rings (SSSR count). The van der Waals surface area contributed by atoms with Crippen molar-refractivity contribution in [3.63, 3.8) is 0 Å². The number of nitrogens with zero attached hydrogens (tertiary/aromatic N) is 1. The molecule has 1 aromatic rings. The third-order valence-electron chi connectivity index (χ3n) is 1.15. The summed E-state index contributed by atoms with van der Waals surface area (Å²) in [6, 6.07) is 9.43. The number of hydrogen-bond acceptors (Lipinski definition) is 1. The fourth-order valence-electron chi connectivity index (χ4n) is 0.669. The quantitative estimate of drug-likeness (QED) is 0.485. The molecule has 0 aliphatic carbocycles. The molecule has 0 radical (unpaired) electrons. The van der Waals surface area contributed by atoms with Crippen molar-refractivity contribution in [3.05, 3.63) is 30.3 Å². The van der Waals surface area contributed by atoms with Gasteiger partial charge in [0, 0.05) is 0 Å². The summed E-state index contributed by atoms with van der Waals surface area (Å²) >= 11 is 6.51. The normalized spacial score (nSPS) is 9.18. The van der Waals surface area contributed by atoms with E-state index in [0.717, 1.165) is 5.69 Å². The summed E-state index contributed by atoms with van der Waals surface area (Å²) in [5.74, 6) is 0. The summed E-state index contributed by atoms with van der Waals surface area (Å²) < 4.78 is 1.51. The highest BCUT2D eigenvalue weighted by Gasteiger charge is 2.04. The zero-order valence-electron chi connectivity index (χ0n) is 5.57. The van der Waals surface area contributed by atoms with Crippen LogP contribution in [0.15, 0.2) is 30.3 Å². The van der Waals surface area contributed by atoms with Gasteiger partial charge in [-0.15, -0.1) is 0 Å². The number of hydrogen-bond donors (Lipinski definition) is 1. The van der Waals surface area contributed by atoms with E-state index in [4.69, 9.17) is 5.11 Å². The van der Waals surface area contributed by atoms with Gasteiger partial charge in [0.25, 0.3) is 5.17 Å². The molecule has 0 aromatic heterocycles. The summed E-state index contributed by atoms with van der Waals surface area (Å²) in [5.41, 5.74) is 0.876. The number of thiocarbonyl (C=S) groups is 1. The fraction of sp³-hybridized carbons (Fsp3) is 0. The molecule has 0 unspecified atom stereocenters. The van der Waals surface area contributed by atoms with E-state index in [0.29, 0.717) is 0 Å². The van der Waals surface area contributed by atoms with Gasteiger partial charge in [-0.2, -0.15) is 0 Å². The molecule has 1 N–H and O–H groups in total. The van der Waals surface area contributed by atoms with Crippen LogP contribution in [-0.2, 0) is 0 Å². The molecular formula is C7H6INOS. The van der Waals surface area contributed by atoms with Gasteiger partial charge in [-0.05, 0) is 24.4 Å². The molecule has 0 amide bonds. The van der Waals surface area contributed by atoms with Crippen molar-refractivity contribution in [2.45, 2.75) is 0 Å². The molecule has 0 atom stereocenters. The van der Waals surface area contributed by atoms with Crippen LogP contribution in [0.5, 0.6) is 0 Å². The highest BCUT2D eigenvalue weighted by atomic mass is 127. The number of aliphatic hydroxyl groups is 1. The van der Waals surface area contributed by atoms with Gasteiger partial charge in [0.2, 0.25) is 0 Å². The molecule has 0 saturated heterocycles. The van der Waals surface area contributed by atoms with Gasteiger partial charge in [0.1, 0.15) is 0 Å². The first-order valence-corrected chi connectivity index (χ1v) is 4.33. The number of para-hydroxylation sites is 1. The van der Waals surface area contributed by atoms with E-state index in [-0.39, 0.29) is 5.17 Å². The van der Waals surface area contributed by atoms with Crippen molar-refractivity contribution in [3.8, 4) is 0 Å². The largest absolute Gasteiger partial charge is 0.486 e. The predicted octanol–water partition coefficient (Wildman–Crippen LogP) is 2.69. The summed E-state index contributed by atoms with van der Waals surface area (Å²) in [5, 5.41) is 8.80. The molecule has 58 valence electrons. The van der Waals surface area contributed by atoms with E-state index in [1.165, 1.54) is 3.11 Å². The first-order chi connectivity index (χ1) is 5.22. The predicted molar refractivity (Wildman–Crippen MR) is 58.2 cm³/mol. The number of anilines is 1. The average molecular weight is 279 g/mol. The maximum Gasteiger partial charge on any atom is 0.270 e. The van der Waals surface area contributed by atoms with Gasteiger partial charge in [-0.1, -0.05) is 18.2 Å². The Morgan fingerprint density at radius 3 is 2.36 bits per heavy atom. The topological polar surface area (TPSA) is 23.5 Å². The number of halogens is 1. The van der Waals surface area contributed by atoms with Crippen molar-refractivity contribution < 1.29 is 5.11 Å². The van der Waals surface area contributed by atoms with Gasteiger partial charge in [-0.3, -0.25) is 0 Å². The van der Waals surface area contributed by atoms with Crippen LogP contribution in [0, 0.1) is 0 Å². The van der Waals surface area contributed by atoms with Crippen LogP contribution in [0.3, 0.4) is 0 Å². The molecule has 0 bridgehead atoms. The minimum atomic E-state index is -0.128. The van der Waals surface area contributed by atoms with E-state index in [1.807, 2.05) is 53.2 Å². The molecule has 0 spiro atoms. The second kappa shape index (κ2) is 3.87. The van der Waals surface area contributed by atoms with Crippen LogP contribution < -0.4 is 3.11 Å². The third-order valence-corrected chi connectivity index (χ3v) is 2.67. The molecule has 0 aliphatic heterocycles. The van der Waals surface area contributed by atoms with Crippen molar-refractivity contribution in [1.29, 1.82) is 0 Å². The van der Waals surface area contributed by atoms with E-state index in [9.17, 15) is 0 Å². The minimum Gasteiger partial charge on any atom is -0.486 e. The van der Waals surface area contributed by atoms with Crippen LogP contribution in [0.25, 0.3) is 0 Å². The highest BCUT2D eigenvalue weighted by molar-refractivity contribution is 14.1. The lowest BCUT2D eigenvalue weighted by Crippen LogP contribution is -2.15. The minimum absolute atomic E-state index is 0.128. The standard InChI is InChI=1S/C7H6INOS/c8-9(7(10)11)6-4-2-1-3-5-6/h1-5H,(H,10,11). The summed E-state index contributed by atoms with van der Waals surface area (Å²) in [6.45, 7) is 0. The van der Waals surface area contributed by atoms with Gasteiger partial charge in [-0.25, -0.2) is 3.11 Å². The summed E-state index contributed by atoms with van der Waals surface area (Å²) in [7, 11) is 0. The molecule has 1 aromatic carbocycles. The van der Waals surface area contributed by atoms with Gasteiger partial charge >= 0.3 is 0 Å². The van der Waals surface area contributed by atoms with Crippen LogP contribution in [0.4, 0.5) is 5.69 Å². The van der Waals surface area contributed by atoms with E-state index in [2.05, 4.69) is 12.2 Å². The summed E-state index contributed by atoms with van der Waals surface area (Å²) in [4.78, 5) is 0. The molecule has 0 aliphatic rings. The average Bonchev–Trinajstić information content (AvgIpc) is 2.05. The van der Waals surface area contributed by atoms with Crippen molar-refractivity contribution in [2.75, 3.05) is 3.11 Å². The Bertz CT molecular complexity index is 252. The lowest BCUT2D eigenvalue weighted by molar-refractivity contribution is 0.563. The molecule has 11 heavy (non-hydrogen) atoms. The van der Waals surface area contributed by atoms with E-state index >= 15 is 0 Å². The van der Waals surface area contributed by atoms with Gasteiger partial charge < -0.3 is 5.11 Å². The SMILES string of the molecule is OC(=S)N(I)c1ccccc1. The molecule has 4 heteroatoms. The maximum absolute atomic E-state index is 8.92.